The fourth-order valence-electron chi connectivity index (χ4n) is 6.94. The number of hydrogen-bond acceptors (Lipinski definition) is 2. The van der Waals surface area contributed by atoms with Crippen LogP contribution in [-0.2, 0) is 12.8 Å². The van der Waals surface area contributed by atoms with E-state index in [1.54, 1.807) is 6.07 Å². The topological polar surface area (TPSA) is 46.9 Å². The van der Waals surface area contributed by atoms with Gasteiger partial charge in [0.1, 0.15) is 11.5 Å². The molecule has 0 saturated heterocycles. The van der Waals surface area contributed by atoms with Crippen molar-refractivity contribution in [1.82, 2.24) is 15.1 Å². The maximum absolute atomic E-state index is 14.9. The summed E-state index contributed by atoms with van der Waals surface area (Å²) >= 11 is 6.27. The summed E-state index contributed by atoms with van der Waals surface area (Å²) in [5.41, 5.74) is 4.15. The summed E-state index contributed by atoms with van der Waals surface area (Å²) in [5, 5.41) is 8.44. The number of halogens is 3. The molecule has 188 valence electrons. The van der Waals surface area contributed by atoms with E-state index < -0.39 is 11.6 Å². The van der Waals surface area contributed by atoms with Crippen molar-refractivity contribution in [2.24, 2.45) is 23.2 Å². The number of hydrogen-bond donors (Lipinski definition) is 1. The van der Waals surface area contributed by atoms with Crippen LogP contribution < -0.4 is 5.32 Å². The summed E-state index contributed by atoms with van der Waals surface area (Å²) in [6.45, 7) is 5.32. The largest absolute Gasteiger partial charge is 0.350 e. The third-order valence-electron chi connectivity index (χ3n) is 9.06. The van der Waals surface area contributed by atoms with Crippen LogP contribution in [0.3, 0.4) is 0 Å². The van der Waals surface area contributed by atoms with E-state index in [9.17, 15) is 13.6 Å². The molecule has 0 aliphatic heterocycles. The first kappa shape index (κ1) is 23.7. The van der Waals surface area contributed by atoms with E-state index >= 15 is 0 Å². The van der Waals surface area contributed by atoms with Crippen molar-refractivity contribution in [3.05, 3.63) is 69.9 Å². The Morgan fingerprint density at radius 3 is 2.75 bits per heavy atom. The number of benzene rings is 2. The lowest BCUT2D eigenvalue weighted by Gasteiger charge is -2.60. The van der Waals surface area contributed by atoms with Gasteiger partial charge in [-0.2, -0.15) is 5.10 Å². The number of amides is 1. The van der Waals surface area contributed by atoms with Crippen molar-refractivity contribution < 1.29 is 13.6 Å². The van der Waals surface area contributed by atoms with Gasteiger partial charge in [0.15, 0.2) is 11.5 Å². The lowest BCUT2D eigenvalue weighted by Crippen LogP contribution is -2.54. The van der Waals surface area contributed by atoms with Gasteiger partial charge < -0.3 is 5.32 Å². The van der Waals surface area contributed by atoms with Crippen LogP contribution >= 0.6 is 11.6 Å². The van der Waals surface area contributed by atoms with Crippen LogP contribution in [-0.4, -0.2) is 22.2 Å². The SMILES string of the molecule is CC1(C)C2CCC(CNC(=O)c3nn(-c4ccc(F)cc4F)c4c3CCCc3cc(Cl)ccc3-4)C1C2. The number of nitrogens with zero attached hydrogens (tertiary/aromatic N) is 2. The van der Waals surface area contributed by atoms with Gasteiger partial charge in [0, 0.05) is 28.8 Å². The smallest absolute Gasteiger partial charge is 0.272 e. The molecule has 4 nitrogen and oxygen atoms in total. The van der Waals surface area contributed by atoms with E-state index in [-0.39, 0.29) is 11.6 Å². The van der Waals surface area contributed by atoms with E-state index in [0.717, 1.165) is 47.9 Å². The molecule has 0 radical (unpaired) electrons. The van der Waals surface area contributed by atoms with Crippen LogP contribution in [0.2, 0.25) is 5.02 Å². The average molecular weight is 510 g/mol. The minimum Gasteiger partial charge on any atom is -0.350 e. The Morgan fingerprint density at radius 1 is 1.17 bits per heavy atom. The highest BCUT2D eigenvalue weighted by atomic mass is 35.5. The van der Waals surface area contributed by atoms with Gasteiger partial charge in [-0.1, -0.05) is 31.5 Å². The molecule has 1 N–H and O–H groups in total. The molecule has 2 bridgehead atoms. The van der Waals surface area contributed by atoms with Gasteiger partial charge in [0.25, 0.3) is 5.91 Å². The highest BCUT2D eigenvalue weighted by molar-refractivity contribution is 6.30. The number of rotatable bonds is 4. The predicted molar refractivity (Wildman–Crippen MR) is 136 cm³/mol. The molecule has 1 heterocycles. The van der Waals surface area contributed by atoms with E-state index in [0.29, 0.717) is 46.6 Å². The van der Waals surface area contributed by atoms with Crippen LogP contribution in [0.5, 0.6) is 0 Å². The van der Waals surface area contributed by atoms with Gasteiger partial charge >= 0.3 is 0 Å². The second kappa shape index (κ2) is 8.69. The molecule has 3 aromatic rings. The van der Waals surface area contributed by atoms with Crippen molar-refractivity contribution in [3.63, 3.8) is 0 Å². The first-order valence-electron chi connectivity index (χ1n) is 12.9. The fraction of sp³-hybridized carbons (Fsp3) is 0.448. The lowest BCUT2D eigenvalue weighted by molar-refractivity contribution is -0.103. The molecule has 4 aliphatic rings. The number of aromatic nitrogens is 2. The molecule has 36 heavy (non-hydrogen) atoms. The highest BCUT2D eigenvalue weighted by Crippen LogP contribution is 2.61. The second-order valence-corrected chi connectivity index (χ2v) is 11.7. The first-order valence-corrected chi connectivity index (χ1v) is 13.3. The van der Waals surface area contributed by atoms with Crippen molar-refractivity contribution in [3.8, 4) is 16.9 Å². The van der Waals surface area contributed by atoms with Gasteiger partial charge in [0.05, 0.1) is 5.69 Å². The van der Waals surface area contributed by atoms with Crippen LogP contribution in [0.15, 0.2) is 36.4 Å². The Kier molecular flexibility index (Phi) is 5.71. The van der Waals surface area contributed by atoms with Crippen LogP contribution in [0.25, 0.3) is 16.9 Å². The Bertz CT molecular complexity index is 1360. The van der Waals surface area contributed by atoms with Gasteiger partial charge in [-0.15, -0.1) is 0 Å². The number of carbonyl (C=O) groups excluding carboxylic acids is 1. The van der Waals surface area contributed by atoms with Crippen LogP contribution in [0, 0.1) is 34.8 Å². The van der Waals surface area contributed by atoms with Crippen molar-refractivity contribution in [2.45, 2.75) is 52.4 Å². The molecule has 1 aromatic heterocycles. The zero-order valence-corrected chi connectivity index (χ0v) is 21.3. The minimum atomic E-state index is -0.726. The quantitative estimate of drug-likeness (QED) is 0.422. The molecule has 7 rings (SSSR count). The van der Waals surface area contributed by atoms with E-state index in [4.69, 9.17) is 11.6 Å². The fourth-order valence-corrected chi connectivity index (χ4v) is 7.14. The summed E-state index contributed by atoms with van der Waals surface area (Å²) in [6.07, 6.45) is 5.85. The Morgan fingerprint density at radius 2 is 2.00 bits per heavy atom. The zero-order valence-electron chi connectivity index (χ0n) is 20.6. The number of fused-ring (bicyclic) bond motifs is 5. The highest BCUT2D eigenvalue weighted by Gasteiger charge is 2.54. The van der Waals surface area contributed by atoms with E-state index in [2.05, 4.69) is 24.3 Å². The second-order valence-electron chi connectivity index (χ2n) is 11.2. The molecule has 0 spiro atoms. The van der Waals surface area contributed by atoms with Gasteiger partial charge in [-0.05, 0) is 91.5 Å². The molecule has 1 amide bonds. The maximum atomic E-state index is 14.9. The van der Waals surface area contributed by atoms with Gasteiger partial charge in [-0.25, -0.2) is 13.5 Å². The summed E-state index contributed by atoms with van der Waals surface area (Å²) in [5.74, 6) is 0.289. The molecule has 3 unspecified atom stereocenters. The average Bonchev–Trinajstić information content (AvgIpc) is 3.11. The molecule has 2 aromatic carbocycles. The van der Waals surface area contributed by atoms with E-state index in [1.807, 2.05) is 12.1 Å². The third kappa shape index (κ3) is 3.76. The van der Waals surface area contributed by atoms with Crippen LogP contribution in [0.4, 0.5) is 8.78 Å². The molecular weight excluding hydrogens is 480 g/mol. The summed E-state index contributed by atoms with van der Waals surface area (Å²) in [7, 11) is 0. The summed E-state index contributed by atoms with van der Waals surface area (Å²) < 4.78 is 30.1. The standard InChI is InChI=1S/C29H30ClF2N3O/c1-29(2)18-7-6-17(23(29)13-18)15-33-28(36)26-22-5-3-4-16-12-19(30)8-10-21(16)27(22)35(34-26)25-11-9-20(31)14-24(25)32/h8-12,14,17-18,23H,3-7,13,15H2,1-2H3,(H,33,36). The molecule has 4 aliphatic carbocycles. The summed E-state index contributed by atoms with van der Waals surface area (Å²) in [6, 6.07) is 9.05. The van der Waals surface area contributed by atoms with Crippen molar-refractivity contribution in [2.75, 3.05) is 6.54 Å². The van der Waals surface area contributed by atoms with Gasteiger partial charge in [0.2, 0.25) is 0 Å². The normalized spacial score (nSPS) is 23.8. The Labute approximate surface area is 215 Å². The molecule has 3 fully saturated rings. The van der Waals surface area contributed by atoms with Crippen LogP contribution in [0.1, 0.15) is 61.1 Å². The molecule has 3 saturated carbocycles. The van der Waals surface area contributed by atoms with Crippen molar-refractivity contribution >= 4 is 17.5 Å². The van der Waals surface area contributed by atoms with Crippen molar-refractivity contribution in [1.29, 1.82) is 0 Å². The number of carbonyl (C=O) groups is 1. The zero-order chi connectivity index (χ0) is 25.2. The minimum absolute atomic E-state index is 0.115. The van der Waals surface area contributed by atoms with Gasteiger partial charge in [-0.3, -0.25) is 4.79 Å². The van der Waals surface area contributed by atoms with E-state index in [1.165, 1.54) is 29.7 Å². The maximum Gasteiger partial charge on any atom is 0.272 e. The molecule has 3 atom stereocenters. The molecule has 7 heteroatoms. The molecular formula is C29H30ClF2N3O. The predicted octanol–water partition coefficient (Wildman–Crippen LogP) is 6.76. The number of nitrogens with one attached hydrogen (secondary N) is 1. The lowest BCUT2D eigenvalue weighted by atomic mass is 9.45. The Hall–Kier alpha value is -2.73. The Balaban J connectivity index is 1.39. The first-order chi connectivity index (χ1) is 17.2. The third-order valence-corrected chi connectivity index (χ3v) is 9.29. The monoisotopic (exact) mass is 509 g/mol. The number of aryl methyl sites for hydroxylation is 1. The summed E-state index contributed by atoms with van der Waals surface area (Å²) in [4.78, 5) is 13.5.